The van der Waals surface area contributed by atoms with Crippen molar-refractivity contribution in [1.82, 2.24) is 5.32 Å². The molecule has 0 saturated heterocycles. The van der Waals surface area contributed by atoms with Crippen LogP contribution in [-0.2, 0) is 9.63 Å². The first-order chi connectivity index (χ1) is 7.75. The van der Waals surface area contributed by atoms with Crippen molar-refractivity contribution in [1.29, 1.82) is 0 Å². The predicted octanol–water partition coefficient (Wildman–Crippen LogP) is 0.664. The molecule has 0 bridgehead atoms. The van der Waals surface area contributed by atoms with E-state index in [9.17, 15) is 4.79 Å². The number of hydrogen-bond acceptors (Lipinski definition) is 4. The summed E-state index contributed by atoms with van der Waals surface area (Å²) in [5, 5.41) is 8.37. The molecule has 5 nitrogen and oxygen atoms in total. The molecule has 0 aliphatic heterocycles. The summed E-state index contributed by atoms with van der Waals surface area (Å²) in [7, 11) is 0. The van der Waals surface area contributed by atoms with Gasteiger partial charge in [-0.2, -0.15) is 0 Å². The first-order valence-electron chi connectivity index (χ1n) is 5.04. The zero-order valence-electron chi connectivity index (χ0n) is 8.68. The fourth-order valence-corrected chi connectivity index (χ4v) is 1.75. The van der Waals surface area contributed by atoms with Crippen molar-refractivity contribution in [3.05, 3.63) is 22.4 Å². The van der Waals surface area contributed by atoms with Crippen LogP contribution in [0.25, 0.3) is 0 Å². The Morgan fingerprint density at radius 2 is 2.50 bits per heavy atom. The van der Waals surface area contributed by atoms with Crippen molar-refractivity contribution < 1.29 is 9.63 Å². The average Bonchev–Trinajstić information content (AvgIpc) is 2.90. The van der Waals surface area contributed by atoms with Gasteiger partial charge < -0.3 is 15.9 Å². The Labute approximate surface area is 97.3 Å². The van der Waals surface area contributed by atoms with E-state index in [0.29, 0.717) is 11.9 Å². The molecule has 1 aromatic rings. The van der Waals surface area contributed by atoms with Crippen molar-refractivity contribution >= 4 is 23.1 Å². The molecule has 6 heteroatoms. The number of hydrogen-bond donors (Lipinski definition) is 2. The van der Waals surface area contributed by atoms with Crippen molar-refractivity contribution in [2.45, 2.75) is 18.9 Å². The fraction of sp³-hybridized carbons (Fsp3) is 0.400. The van der Waals surface area contributed by atoms with Crippen LogP contribution in [0.5, 0.6) is 0 Å². The number of rotatable bonds is 5. The van der Waals surface area contributed by atoms with Crippen LogP contribution >= 0.6 is 11.3 Å². The topological polar surface area (TPSA) is 76.7 Å². The highest BCUT2D eigenvalue weighted by atomic mass is 32.1. The molecule has 0 atom stereocenters. The zero-order chi connectivity index (χ0) is 11.4. The summed E-state index contributed by atoms with van der Waals surface area (Å²) >= 11 is 1.47. The quantitative estimate of drug-likeness (QED) is 0.450. The van der Waals surface area contributed by atoms with E-state index in [2.05, 4.69) is 10.5 Å². The molecule has 1 heterocycles. The molecule has 1 amide bonds. The van der Waals surface area contributed by atoms with Crippen LogP contribution < -0.4 is 11.1 Å². The Kier molecular flexibility index (Phi) is 3.40. The van der Waals surface area contributed by atoms with Gasteiger partial charge >= 0.3 is 0 Å². The lowest BCUT2D eigenvalue weighted by Crippen LogP contribution is -2.29. The molecule has 16 heavy (non-hydrogen) atoms. The smallest absolute Gasteiger partial charge is 0.260 e. The highest BCUT2D eigenvalue weighted by Crippen LogP contribution is 2.18. The number of nitrogens with one attached hydrogen (secondary N) is 1. The van der Waals surface area contributed by atoms with E-state index < -0.39 is 0 Å². The summed E-state index contributed by atoms with van der Waals surface area (Å²) in [6.07, 6.45) is 2.12. The molecular formula is C10H13N3O2S. The summed E-state index contributed by atoms with van der Waals surface area (Å²) < 4.78 is 0. The van der Waals surface area contributed by atoms with E-state index >= 15 is 0 Å². The number of amidine groups is 1. The SMILES string of the molecule is N/C(=N\OCC(=O)NC1CC1)c1cccs1. The van der Waals surface area contributed by atoms with E-state index in [1.54, 1.807) is 0 Å². The lowest BCUT2D eigenvalue weighted by Gasteiger charge is -2.02. The second-order valence-corrected chi connectivity index (χ2v) is 4.52. The molecular weight excluding hydrogens is 226 g/mol. The van der Waals surface area contributed by atoms with Gasteiger partial charge in [0, 0.05) is 6.04 Å². The van der Waals surface area contributed by atoms with Gasteiger partial charge in [0.1, 0.15) is 0 Å². The molecule has 0 radical (unpaired) electrons. The molecule has 0 aromatic carbocycles. The summed E-state index contributed by atoms with van der Waals surface area (Å²) in [5.74, 6) is 0.152. The maximum atomic E-state index is 11.2. The Hall–Kier alpha value is -1.56. The molecule has 1 aromatic heterocycles. The normalized spacial score (nSPS) is 15.9. The van der Waals surface area contributed by atoms with E-state index in [0.717, 1.165) is 17.7 Å². The van der Waals surface area contributed by atoms with Crippen LogP contribution in [0.4, 0.5) is 0 Å². The van der Waals surface area contributed by atoms with Gasteiger partial charge in [0.05, 0.1) is 4.88 Å². The van der Waals surface area contributed by atoms with Gasteiger partial charge in [-0.25, -0.2) is 0 Å². The monoisotopic (exact) mass is 239 g/mol. The minimum absolute atomic E-state index is 0.0808. The van der Waals surface area contributed by atoms with Gasteiger partial charge in [-0.15, -0.1) is 11.3 Å². The molecule has 1 aliphatic carbocycles. The van der Waals surface area contributed by atoms with Crippen molar-refractivity contribution in [2.75, 3.05) is 6.61 Å². The number of nitrogens with two attached hydrogens (primary N) is 1. The third kappa shape index (κ3) is 3.23. The minimum atomic E-state index is -0.148. The summed E-state index contributed by atoms with van der Waals surface area (Å²) in [6, 6.07) is 4.06. The predicted molar refractivity (Wildman–Crippen MR) is 62.2 cm³/mol. The maximum Gasteiger partial charge on any atom is 0.260 e. The van der Waals surface area contributed by atoms with Crippen molar-refractivity contribution in [3.8, 4) is 0 Å². The Morgan fingerprint density at radius 3 is 3.12 bits per heavy atom. The molecule has 0 spiro atoms. The van der Waals surface area contributed by atoms with Gasteiger partial charge in [0.15, 0.2) is 12.4 Å². The third-order valence-electron chi connectivity index (χ3n) is 2.07. The van der Waals surface area contributed by atoms with E-state index in [1.165, 1.54) is 11.3 Å². The van der Waals surface area contributed by atoms with Gasteiger partial charge in [0.25, 0.3) is 5.91 Å². The largest absolute Gasteiger partial charge is 0.384 e. The van der Waals surface area contributed by atoms with Crippen LogP contribution in [-0.4, -0.2) is 24.4 Å². The maximum absolute atomic E-state index is 11.2. The van der Waals surface area contributed by atoms with Crippen molar-refractivity contribution in [3.63, 3.8) is 0 Å². The van der Waals surface area contributed by atoms with Gasteiger partial charge in [-0.05, 0) is 24.3 Å². The third-order valence-corrected chi connectivity index (χ3v) is 2.97. The molecule has 3 N–H and O–H groups in total. The average molecular weight is 239 g/mol. The Morgan fingerprint density at radius 1 is 1.69 bits per heavy atom. The number of thiophene rings is 1. The van der Waals surface area contributed by atoms with Gasteiger partial charge in [-0.3, -0.25) is 4.79 Å². The number of carbonyl (C=O) groups is 1. The van der Waals surface area contributed by atoms with Crippen LogP contribution in [0, 0.1) is 0 Å². The summed E-state index contributed by atoms with van der Waals surface area (Å²) in [4.78, 5) is 16.9. The van der Waals surface area contributed by atoms with Gasteiger partial charge in [-0.1, -0.05) is 11.2 Å². The second-order valence-electron chi connectivity index (χ2n) is 3.57. The molecule has 1 saturated carbocycles. The Bertz CT molecular complexity index is 385. The van der Waals surface area contributed by atoms with Crippen LogP contribution in [0.1, 0.15) is 17.7 Å². The summed E-state index contributed by atoms with van der Waals surface area (Å²) in [5.41, 5.74) is 5.64. The van der Waals surface area contributed by atoms with Gasteiger partial charge in [0.2, 0.25) is 0 Å². The van der Waals surface area contributed by atoms with E-state index in [1.807, 2.05) is 17.5 Å². The van der Waals surface area contributed by atoms with E-state index in [4.69, 9.17) is 10.6 Å². The molecule has 1 fully saturated rings. The summed E-state index contributed by atoms with van der Waals surface area (Å²) in [6.45, 7) is -0.0808. The first kappa shape index (κ1) is 10.9. The number of carbonyl (C=O) groups excluding carboxylic acids is 1. The minimum Gasteiger partial charge on any atom is -0.384 e. The number of oxime groups is 1. The lowest BCUT2D eigenvalue weighted by atomic mass is 10.4. The fourth-order valence-electron chi connectivity index (χ4n) is 1.13. The van der Waals surface area contributed by atoms with Crippen LogP contribution in [0.3, 0.4) is 0 Å². The number of nitrogens with zero attached hydrogens (tertiary/aromatic N) is 1. The van der Waals surface area contributed by atoms with E-state index in [-0.39, 0.29) is 12.5 Å². The van der Waals surface area contributed by atoms with Crippen LogP contribution in [0.15, 0.2) is 22.7 Å². The standard InChI is InChI=1S/C10H13N3O2S/c11-10(8-2-1-5-16-8)13-15-6-9(14)12-7-3-4-7/h1-2,5,7H,3-4,6H2,(H2,11,13)(H,12,14). The molecule has 0 unspecified atom stereocenters. The highest BCUT2D eigenvalue weighted by molar-refractivity contribution is 7.12. The second kappa shape index (κ2) is 4.98. The number of amides is 1. The van der Waals surface area contributed by atoms with Crippen LogP contribution in [0.2, 0.25) is 0 Å². The lowest BCUT2D eigenvalue weighted by molar-refractivity contribution is -0.125. The first-order valence-corrected chi connectivity index (χ1v) is 5.92. The Balaban J connectivity index is 1.73. The molecule has 2 rings (SSSR count). The molecule has 86 valence electrons. The highest BCUT2D eigenvalue weighted by Gasteiger charge is 2.23. The zero-order valence-corrected chi connectivity index (χ0v) is 9.50. The molecule has 1 aliphatic rings. The van der Waals surface area contributed by atoms with Crippen molar-refractivity contribution in [2.24, 2.45) is 10.9 Å².